The highest BCUT2D eigenvalue weighted by Crippen LogP contribution is 2.32. The summed E-state index contributed by atoms with van der Waals surface area (Å²) < 4.78 is 0. The Bertz CT molecular complexity index is 358. The van der Waals surface area contributed by atoms with Crippen molar-refractivity contribution in [1.29, 1.82) is 0 Å². The molecule has 1 aliphatic heterocycles. The molecule has 82 valence electrons. The molecule has 1 amide bonds. The van der Waals surface area contributed by atoms with Crippen LogP contribution in [0.1, 0.15) is 23.6 Å². The van der Waals surface area contributed by atoms with E-state index >= 15 is 0 Å². The van der Waals surface area contributed by atoms with Crippen molar-refractivity contribution < 1.29 is 9.90 Å². The molecule has 15 heavy (non-hydrogen) atoms. The lowest BCUT2D eigenvalue weighted by Crippen LogP contribution is -2.36. The van der Waals surface area contributed by atoms with Crippen molar-refractivity contribution in [3.63, 3.8) is 0 Å². The van der Waals surface area contributed by atoms with Gasteiger partial charge in [-0.05, 0) is 18.8 Å². The fourth-order valence-corrected chi connectivity index (χ4v) is 2.70. The first kappa shape index (κ1) is 10.2. The molecule has 1 saturated heterocycles. The van der Waals surface area contributed by atoms with Gasteiger partial charge in [-0.2, -0.15) is 0 Å². The number of anilines is 1. The molecule has 0 radical (unpaired) electrons. The Morgan fingerprint density at radius 2 is 2.27 bits per heavy atom. The van der Waals surface area contributed by atoms with Gasteiger partial charge >= 0.3 is 6.09 Å². The molecule has 0 unspecified atom stereocenters. The maximum absolute atomic E-state index is 10.7. The van der Waals surface area contributed by atoms with E-state index in [1.807, 2.05) is 0 Å². The molecule has 2 rings (SSSR count). The first-order valence-corrected chi connectivity index (χ1v) is 5.67. The topological polar surface area (TPSA) is 79.5 Å². The van der Waals surface area contributed by atoms with Crippen molar-refractivity contribution in [3.05, 3.63) is 11.1 Å². The van der Waals surface area contributed by atoms with Gasteiger partial charge in [-0.3, -0.25) is 0 Å². The van der Waals surface area contributed by atoms with Gasteiger partial charge in [0.05, 0.1) is 0 Å². The van der Waals surface area contributed by atoms with Crippen LogP contribution in [0.5, 0.6) is 0 Å². The largest absolute Gasteiger partial charge is 0.465 e. The lowest BCUT2D eigenvalue weighted by Gasteiger charge is -2.29. The van der Waals surface area contributed by atoms with Crippen LogP contribution in [0.15, 0.2) is 6.20 Å². The van der Waals surface area contributed by atoms with Crippen LogP contribution in [-0.4, -0.2) is 34.2 Å². The van der Waals surface area contributed by atoms with Crippen molar-refractivity contribution in [3.8, 4) is 0 Å². The van der Waals surface area contributed by atoms with E-state index in [0.29, 0.717) is 24.1 Å². The lowest BCUT2D eigenvalue weighted by atomic mass is 9.96. The minimum absolute atomic E-state index is 0.426. The molecule has 0 aliphatic carbocycles. The van der Waals surface area contributed by atoms with E-state index in [0.717, 1.165) is 12.8 Å². The van der Waals surface area contributed by atoms with Crippen molar-refractivity contribution in [2.45, 2.75) is 18.8 Å². The van der Waals surface area contributed by atoms with Crippen molar-refractivity contribution in [2.75, 3.05) is 18.8 Å². The van der Waals surface area contributed by atoms with Crippen LogP contribution in [-0.2, 0) is 0 Å². The number of carboxylic acid groups (broad SMARTS) is 1. The predicted molar refractivity (Wildman–Crippen MR) is 58.1 cm³/mol. The number of nitrogen functional groups attached to an aromatic ring is 1. The zero-order chi connectivity index (χ0) is 10.8. The molecule has 1 aromatic heterocycles. The Kier molecular flexibility index (Phi) is 2.77. The standard InChI is InChI=1S/C9H13N3O2S/c10-8-11-5-7(15-8)6-1-3-12(4-2-6)9(13)14/h5-6H,1-4H2,(H2,10,11)(H,13,14). The number of thiazole rings is 1. The highest BCUT2D eigenvalue weighted by molar-refractivity contribution is 7.15. The molecular formula is C9H13N3O2S. The smallest absolute Gasteiger partial charge is 0.407 e. The average molecular weight is 227 g/mol. The van der Waals surface area contributed by atoms with E-state index in [-0.39, 0.29) is 0 Å². The molecular weight excluding hydrogens is 214 g/mol. The lowest BCUT2D eigenvalue weighted by molar-refractivity contribution is 0.132. The number of carbonyl (C=O) groups is 1. The van der Waals surface area contributed by atoms with Gasteiger partial charge in [0, 0.05) is 24.2 Å². The number of aromatic nitrogens is 1. The highest BCUT2D eigenvalue weighted by Gasteiger charge is 2.24. The van der Waals surface area contributed by atoms with E-state index in [1.54, 1.807) is 6.20 Å². The van der Waals surface area contributed by atoms with Crippen LogP contribution >= 0.6 is 11.3 Å². The van der Waals surface area contributed by atoms with Gasteiger partial charge in [-0.25, -0.2) is 9.78 Å². The second-order valence-electron chi connectivity index (χ2n) is 3.64. The summed E-state index contributed by atoms with van der Waals surface area (Å²) in [7, 11) is 0. The minimum atomic E-state index is -0.822. The predicted octanol–water partition coefficient (Wildman–Crippen LogP) is 1.58. The quantitative estimate of drug-likeness (QED) is 0.763. The van der Waals surface area contributed by atoms with Gasteiger partial charge in [0.25, 0.3) is 0 Å². The zero-order valence-electron chi connectivity index (χ0n) is 8.22. The summed E-state index contributed by atoms with van der Waals surface area (Å²) in [5, 5.41) is 9.38. The van der Waals surface area contributed by atoms with E-state index in [2.05, 4.69) is 4.98 Å². The fourth-order valence-electron chi connectivity index (χ4n) is 1.84. The monoisotopic (exact) mass is 227 g/mol. The van der Waals surface area contributed by atoms with E-state index in [9.17, 15) is 4.79 Å². The van der Waals surface area contributed by atoms with E-state index in [1.165, 1.54) is 21.1 Å². The summed E-state index contributed by atoms with van der Waals surface area (Å²) in [6.07, 6.45) is 2.72. The van der Waals surface area contributed by atoms with Crippen molar-refractivity contribution >= 4 is 22.6 Å². The molecule has 1 fully saturated rings. The van der Waals surface area contributed by atoms with Gasteiger partial charge in [0.15, 0.2) is 5.13 Å². The summed E-state index contributed by atoms with van der Waals surface area (Å²) in [6.45, 7) is 1.22. The number of piperidine rings is 1. The van der Waals surface area contributed by atoms with Gasteiger partial charge in [0.2, 0.25) is 0 Å². The van der Waals surface area contributed by atoms with Crippen LogP contribution in [0.25, 0.3) is 0 Å². The van der Waals surface area contributed by atoms with Gasteiger partial charge in [-0.1, -0.05) is 0 Å². The number of amides is 1. The van der Waals surface area contributed by atoms with Crippen LogP contribution in [0.2, 0.25) is 0 Å². The maximum Gasteiger partial charge on any atom is 0.407 e. The number of nitrogens with zero attached hydrogens (tertiary/aromatic N) is 2. The Balaban J connectivity index is 1.96. The maximum atomic E-state index is 10.7. The Hall–Kier alpha value is -1.30. The third-order valence-corrected chi connectivity index (χ3v) is 3.70. The zero-order valence-corrected chi connectivity index (χ0v) is 9.04. The molecule has 6 heteroatoms. The third-order valence-electron chi connectivity index (χ3n) is 2.71. The summed E-state index contributed by atoms with van der Waals surface area (Å²) in [5.74, 6) is 0.426. The first-order chi connectivity index (χ1) is 7.16. The van der Waals surface area contributed by atoms with Gasteiger partial charge < -0.3 is 15.7 Å². The minimum Gasteiger partial charge on any atom is -0.465 e. The highest BCUT2D eigenvalue weighted by atomic mass is 32.1. The van der Waals surface area contributed by atoms with Gasteiger partial charge in [-0.15, -0.1) is 11.3 Å². The molecule has 0 saturated carbocycles. The van der Waals surface area contributed by atoms with Crippen molar-refractivity contribution in [2.24, 2.45) is 0 Å². The molecule has 1 aromatic rings. The molecule has 0 aromatic carbocycles. The summed E-state index contributed by atoms with van der Waals surface area (Å²) in [6, 6.07) is 0. The number of hydrogen-bond acceptors (Lipinski definition) is 4. The Morgan fingerprint density at radius 1 is 1.60 bits per heavy atom. The van der Waals surface area contributed by atoms with Gasteiger partial charge in [0.1, 0.15) is 0 Å². The number of hydrogen-bond donors (Lipinski definition) is 2. The van der Waals surface area contributed by atoms with Crippen LogP contribution in [0, 0.1) is 0 Å². The Morgan fingerprint density at radius 3 is 2.73 bits per heavy atom. The Labute approximate surface area is 91.5 Å². The molecule has 2 heterocycles. The fraction of sp³-hybridized carbons (Fsp3) is 0.556. The molecule has 5 nitrogen and oxygen atoms in total. The molecule has 0 bridgehead atoms. The molecule has 1 aliphatic rings. The third kappa shape index (κ3) is 2.20. The second kappa shape index (κ2) is 4.06. The van der Waals surface area contributed by atoms with E-state index < -0.39 is 6.09 Å². The first-order valence-electron chi connectivity index (χ1n) is 4.86. The van der Waals surface area contributed by atoms with Crippen LogP contribution in [0.4, 0.5) is 9.93 Å². The normalized spacial score (nSPS) is 18.0. The van der Waals surface area contributed by atoms with Crippen LogP contribution in [0.3, 0.4) is 0 Å². The van der Waals surface area contributed by atoms with Crippen LogP contribution < -0.4 is 5.73 Å². The summed E-state index contributed by atoms with van der Waals surface area (Å²) in [4.78, 5) is 17.3. The van der Waals surface area contributed by atoms with Crippen molar-refractivity contribution in [1.82, 2.24) is 9.88 Å². The summed E-state index contributed by atoms with van der Waals surface area (Å²) >= 11 is 1.50. The SMILES string of the molecule is Nc1ncc(C2CCN(C(=O)O)CC2)s1. The van der Waals surface area contributed by atoms with E-state index in [4.69, 9.17) is 10.8 Å². The molecule has 0 spiro atoms. The summed E-state index contributed by atoms with van der Waals surface area (Å²) in [5.41, 5.74) is 5.56. The molecule has 0 atom stereocenters. The number of rotatable bonds is 1. The number of likely N-dealkylation sites (tertiary alicyclic amines) is 1. The number of nitrogens with two attached hydrogens (primary N) is 1. The molecule has 3 N–H and O–H groups in total. The average Bonchev–Trinajstić information content (AvgIpc) is 2.65. The second-order valence-corrected chi connectivity index (χ2v) is 4.74.